The third-order valence-corrected chi connectivity index (χ3v) is 5.51. The highest BCUT2D eigenvalue weighted by Crippen LogP contribution is 2.39. The van der Waals surface area contributed by atoms with E-state index in [1.807, 2.05) is 25.4 Å². The van der Waals surface area contributed by atoms with Crippen LogP contribution < -0.4 is 10.1 Å². The molecule has 1 aliphatic rings. The summed E-state index contributed by atoms with van der Waals surface area (Å²) in [5.74, 6) is 0.525. The fourth-order valence-electron chi connectivity index (χ4n) is 3.07. The van der Waals surface area contributed by atoms with Crippen LogP contribution in [0.1, 0.15) is 21.7 Å². The number of fused-ring (bicyclic) bond motifs is 1. The van der Waals surface area contributed by atoms with Gasteiger partial charge >= 0.3 is 0 Å². The number of ether oxygens (including phenoxy) is 1. The predicted octanol–water partition coefficient (Wildman–Crippen LogP) is 3.84. The van der Waals surface area contributed by atoms with Crippen LogP contribution in [0.25, 0.3) is 11.1 Å². The van der Waals surface area contributed by atoms with Crippen molar-refractivity contribution >= 4 is 28.8 Å². The number of nitrogens with zero attached hydrogens (tertiary/aromatic N) is 2. The second-order valence-electron chi connectivity index (χ2n) is 6.41. The molecule has 0 radical (unpaired) electrons. The molecule has 0 bridgehead atoms. The van der Waals surface area contributed by atoms with E-state index in [0.717, 1.165) is 28.1 Å². The zero-order chi connectivity index (χ0) is 18.3. The first-order valence-corrected chi connectivity index (χ1v) is 9.64. The molecule has 1 N–H and O–H groups in total. The lowest BCUT2D eigenvalue weighted by molar-refractivity contribution is 0.0928. The Labute approximate surface area is 160 Å². The molecule has 4 rings (SSSR count). The van der Waals surface area contributed by atoms with E-state index in [9.17, 15) is 4.79 Å². The molecule has 0 unspecified atom stereocenters. The third kappa shape index (κ3) is 3.22. The molecule has 1 amide bonds. The fourth-order valence-corrected chi connectivity index (χ4v) is 4.01. The Hall–Kier alpha value is -2.31. The van der Waals surface area contributed by atoms with Gasteiger partial charge in [0.15, 0.2) is 0 Å². The van der Waals surface area contributed by atoms with E-state index < -0.39 is 0 Å². The largest absolute Gasteiger partial charge is 0.486 e. The van der Waals surface area contributed by atoms with Crippen molar-refractivity contribution in [2.75, 3.05) is 6.54 Å². The Morgan fingerprint density at radius 1 is 1.42 bits per heavy atom. The summed E-state index contributed by atoms with van der Waals surface area (Å²) in [7, 11) is 1.82. The number of halogens is 1. The summed E-state index contributed by atoms with van der Waals surface area (Å²) >= 11 is 8.07. The zero-order valence-electron chi connectivity index (χ0n) is 14.5. The van der Waals surface area contributed by atoms with Crippen molar-refractivity contribution < 1.29 is 9.53 Å². The van der Waals surface area contributed by atoms with Gasteiger partial charge in [-0.05, 0) is 53.1 Å². The summed E-state index contributed by atoms with van der Waals surface area (Å²) in [4.78, 5) is 12.2. The second-order valence-corrected chi connectivity index (χ2v) is 7.59. The third-order valence-electron chi connectivity index (χ3n) is 4.54. The number of hydrogen-bond acceptors (Lipinski definition) is 4. The fraction of sp³-hybridized carbons (Fsp3) is 0.263. The Morgan fingerprint density at radius 2 is 2.27 bits per heavy atom. The highest BCUT2D eigenvalue weighted by molar-refractivity contribution is 7.08. The Kier molecular flexibility index (Phi) is 4.46. The Bertz CT molecular complexity index is 946. The van der Waals surface area contributed by atoms with Gasteiger partial charge in [0.2, 0.25) is 0 Å². The van der Waals surface area contributed by atoms with Crippen LogP contribution in [0, 0.1) is 6.92 Å². The van der Waals surface area contributed by atoms with Gasteiger partial charge in [0.05, 0.1) is 11.6 Å². The number of aryl methyl sites for hydroxylation is 2. The number of amides is 1. The van der Waals surface area contributed by atoms with Crippen LogP contribution in [0.3, 0.4) is 0 Å². The number of carbonyl (C=O) groups excluding carboxylic acids is 1. The van der Waals surface area contributed by atoms with E-state index >= 15 is 0 Å². The summed E-state index contributed by atoms with van der Waals surface area (Å²) in [5, 5.41) is 11.8. The van der Waals surface area contributed by atoms with Crippen LogP contribution in [0.4, 0.5) is 0 Å². The molecule has 5 nitrogen and oxygen atoms in total. The lowest BCUT2D eigenvalue weighted by atomic mass is 10.0. The Balaban J connectivity index is 1.44. The van der Waals surface area contributed by atoms with E-state index in [-0.39, 0.29) is 12.0 Å². The zero-order valence-corrected chi connectivity index (χ0v) is 16.0. The first-order chi connectivity index (χ1) is 12.5. The predicted molar refractivity (Wildman–Crippen MR) is 103 cm³/mol. The molecule has 26 heavy (non-hydrogen) atoms. The minimum Gasteiger partial charge on any atom is -0.486 e. The van der Waals surface area contributed by atoms with Gasteiger partial charge in [0, 0.05) is 24.7 Å². The van der Waals surface area contributed by atoms with Gasteiger partial charge in [-0.15, -0.1) is 0 Å². The highest BCUT2D eigenvalue weighted by atomic mass is 35.5. The van der Waals surface area contributed by atoms with Gasteiger partial charge in [-0.25, -0.2) is 0 Å². The number of benzene rings is 1. The van der Waals surface area contributed by atoms with Crippen LogP contribution in [-0.4, -0.2) is 28.3 Å². The molecule has 0 fully saturated rings. The van der Waals surface area contributed by atoms with Crippen LogP contribution in [0.2, 0.25) is 5.02 Å². The maximum absolute atomic E-state index is 12.2. The number of hydrogen-bond donors (Lipinski definition) is 1. The van der Waals surface area contributed by atoms with Gasteiger partial charge < -0.3 is 10.1 Å². The van der Waals surface area contributed by atoms with Gasteiger partial charge in [0.1, 0.15) is 17.5 Å². The van der Waals surface area contributed by atoms with E-state index in [1.54, 1.807) is 22.1 Å². The number of nitrogens with one attached hydrogen (secondary N) is 1. The van der Waals surface area contributed by atoms with Gasteiger partial charge in [-0.2, -0.15) is 16.4 Å². The Morgan fingerprint density at radius 3 is 2.96 bits per heavy atom. The minimum absolute atomic E-state index is 0.131. The summed E-state index contributed by atoms with van der Waals surface area (Å²) in [6.07, 6.45) is 0.586. The molecule has 3 aromatic rings. The molecule has 2 aromatic heterocycles. The van der Waals surface area contributed by atoms with Gasteiger partial charge in [0.25, 0.3) is 5.91 Å². The number of carbonyl (C=O) groups is 1. The monoisotopic (exact) mass is 387 g/mol. The summed E-state index contributed by atoms with van der Waals surface area (Å²) < 4.78 is 7.64. The molecule has 0 saturated heterocycles. The van der Waals surface area contributed by atoms with E-state index in [1.165, 1.54) is 0 Å². The highest BCUT2D eigenvalue weighted by Gasteiger charge is 2.27. The van der Waals surface area contributed by atoms with Gasteiger partial charge in [-0.1, -0.05) is 11.6 Å². The first-order valence-electron chi connectivity index (χ1n) is 8.32. The standard InChI is InChI=1S/C19H18ClN3O2S/c1-11-5-17(22-23(11)2)19(24)21-9-15-7-14-6-13(12-3-4-26-10-12)8-16(20)18(14)25-15/h3-6,8,10,15H,7,9H2,1-2H3,(H,21,24)/t15-/m1/s1. The van der Waals surface area contributed by atoms with Crippen molar-refractivity contribution in [3.8, 4) is 16.9 Å². The van der Waals surface area contributed by atoms with Crippen molar-refractivity contribution in [1.82, 2.24) is 15.1 Å². The van der Waals surface area contributed by atoms with Crippen molar-refractivity contribution in [3.63, 3.8) is 0 Å². The molecular weight excluding hydrogens is 370 g/mol. The molecule has 7 heteroatoms. The summed E-state index contributed by atoms with van der Waals surface area (Å²) in [6.45, 7) is 2.32. The van der Waals surface area contributed by atoms with Crippen LogP contribution >= 0.6 is 22.9 Å². The lowest BCUT2D eigenvalue weighted by Gasteiger charge is -2.11. The quantitative estimate of drug-likeness (QED) is 0.739. The number of rotatable bonds is 4. The maximum atomic E-state index is 12.2. The van der Waals surface area contributed by atoms with E-state index in [2.05, 4.69) is 27.9 Å². The average molecular weight is 388 g/mol. The van der Waals surface area contributed by atoms with Crippen LogP contribution in [0.15, 0.2) is 35.0 Å². The average Bonchev–Trinajstić information content (AvgIpc) is 3.33. The molecule has 1 aromatic carbocycles. The summed E-state index contributed by atoms with van der Waals surface area (Å²) in [6, 6.07) is 7.89. The molecule has 0 aliphatic carbocycles. The molecule has 3 heterocycles. The van der Waals surface area contributed by atoms with E-state index in [0.29, 0.717) is 23.7 Å². The topological polar surface area (TPSA) is 56.1 Å². The summed E-state index contributed by atoms with van der Waals surface area (Å²) in [5.41, 5.74) is 4.67. The molecule has 134 valence electrons. The lowest BCUT2D eigenvalue weighted by Crippen LogP contribution is -2.34. The number of aromatic nitrogens is 2. The smallest absolute Gasteiger partial charge is 0.271 e. The van der Waals surface area contributed by atoms with Crippen molar-refractivity contribution in [2.24, 2.45) is 7.05 Å². The maximum Gasteiger partial charge on any atom is 0.271 e. The SMILES string of the molecule is Cc1cc(C(=O)NC[C@H]2Cc3cc(-c4ccsc4)cc(Cl)c3O2)nn1C. The molecule has 0 spiro atoms. The number of thiophene rings is 1. The minimum atomic E-state index is -0.196. The first kappa shape index (κ1) is 17.1. The molecular formula is C19H18ClN3O2S. The van der Waals surface area contributed by atoms with Crippen LogP contribution in [0.5, 0.6) is 5.75 Å². The molecule has 0 saturated carbocycles. The van der Waals surface area contributed by atoms with Crippen molar-refractivity contribution in [1.29, 1.82) is 0 Å². The molecule has 1 atom stereocenters. The second kappa shape index (κ2) is 6.78. The van der Waals surface area contributed by atoms with Crippen molar-refractivity contribution in [3.05, 3.63) is 57.0 Å². The van der Waals surface area contributed by atoms with E-state index in [4.69, 9.17) is 16.3 Å². The molecule has 1 aliphatic heterocycles. The normalized spacial score (nSPS) is 15.6. The van der Waals surface area contributed by atoms with Crippen LogP contribution in [-0.2, 0) is 13.5 Å². The van der Waals surface area contributed by atoms with Gasteiger partial charge in [-0.3, -0.25) is 9.48 Å². The van der Waals surface area contributed by atoms with Crippen molar-refractivity contribution in [2.45, 2.75) is 19.4 Å².